The molecule has 0 spiro atoms. The number of carbonyl (C=O) groups is 1. The molecule has 0 aliphatic carbocycles. The molecule has 1 aromatic carbocycles. The molecule has 1 amide bonds. The largest absolute Gasteiger partial charge is 0.447 e. The molecule has 0 fully saturated rings. The van der Waals surface area contributed by atoms with Gasteiger partial charge in [-0.25, -0.2) is 27.8 Å². The quantitative estimate of drug-likeness (QED) is 0.866. The van der Waals surface area contributed by atoms with E-state index in [1.807, 2.05) is 0 Å². The first kappa shape index (κ1) is 19.9. The van der Waals surface area contributed by atoms with Gasteiger partial charge in [-0.1, -0.05) is 0 Å². The zero-order valence-corrected chi connectivity index (χ0v) is 15.1. The highest BCUT2D eigenvalue weighted by Crippen LogP contribution is 2.33. The van der Waals surface area contributed by atoms with Crippen molar-refractivity contribution in [2.45, 2.75) is 11.5 Å². The molecule has 1 rings (SSSR count). The molecule has 1 aromatic rings. The molecule has 0 bridgehead atoms. The fourth-order valence-corrected chi connectivity index (χ4v) is 3.22. The Morgan fingerprint density at radius 2 is 1.74 bits per heavy atom. The summed E-state index contributed by atoms with van der Waals surface area (Å²) in [7, 11) is -4.20. The highest BCUT2D eigenvalue weighted by molar-refractivity contribution is 8.32. The van der Waals surface area contributed by atoms with Gasteiger partial charge in [-0.05, 0) is 30.9 Å². The van der Waals surface area contributed by atoms with Crippen molar-refractivity contribution in [3.05, 3.63) is 29.3 Å². The Morgan fingerprint density at radius 1 is 1.22 bits per heavy atom. The number of ether oxygens (including phenoxy) is 1. The molecule has 5 nitrogen and oxygen atoms in total. The molecule has 132 valence electrons. The van der Waals surface area contributed by atoms with E-state index >= 15 is 0 Å². The van der Waals surface area contributed by atoms with Gasteiger partial charge in [0.2, 0.25) is 0 Å². The molecule has 9 heteroatoms. The molecular formula is C14H21F2NO4S2. The van der Waals surface area contributed by atoms with Gasteiger partial charge in [0, 0.05) is 17.6 Å². The van der Waals surface area contributed by atoms with Gasteiger partial charge in [-0.15, -0.1) is 4.36 Å². The van der Waals surface area contributed by atoms with Gasteiger partial charge in [-0.3, -0.25) is 0 Å². The highest BCUT2D eigenvalue weighted by Gasteiger charge is 2.17. The summed E-state index contributed by atoms with van der Waals surface area (Å²) in [5.41, 5.74) is -0.528. The van der Waals surface area contributed by atoms with Crippen LogP contribution < -0.4 is 0 Å². The van der Waals surface area contributed by atoms with Crippen LogP contribution in [0.5, 0.6) is 0 Å². The van der Waals surface area contributed by atoms with Crippen LogP contribution in [0, 0.1) is 11.6 Å². The zero-order chi connectivity index (χ0) is 17.8. The molecule has 23 heavy (non-hydrogen) atoms. The lowest BCUT2D eigenvalue weighted by Gasteiger charge is -2.24. The molecule has 1 unspecified atom stereocenters. The zero-order valence-electron chi connectivity index (χ0n) is 13.5. The van der Waals surface area contributed by atoms with Crippen LogP contribution >= 0.6 is 10.0 Å². The number of hydrogen-bond donors (Lipinski definition) is 1. The molecule has 0 saturated carbocycles. The number of rotatable bonds is 5. The third-order valence-corrected chi connectivity index (χ3v) is 5.88. The van der Waals surface area contributed by atoms with Gasteiger partial charge in [0.25, 0.3) is 0 Å². The van der Waals surface area contributed by atoms with Crippen molar-refractivity contribution in [1.29, 1.82) is 0 Å². The van der Waals surface area contributed by atoms with Crippen molar-refractivity contribution in [3.63, 3.8) is 0 Å². The van der Waals surface area contributed by atoms with E-state index in [0.717, 1.165) is 18.4 Å². The predicted octanol–water partition coefficient (Wildman–Crippen LogP) is 2.74. The molecule has 0 aliphatic rings. The highest BCUT2D eigenvalue weighted by atomic mass is 32.3. The third kappa shape index (κ3) is 6.08. The normalized spacial score (nSPS) is 14.9. The first-order valence-corrected chi connectivity index (χ1v) is 11.5. The minimum atomic E-state index is -3.35. The molecule has 0 saturated heterocycles. The van der Waals surface area contributed by atoms with Crippen molar-refractivity contribution in [2.24, 2.45) is 4.36 Å². The summed E-state index contributed by atoms with van der Waals surface area (Å²) in [6.45, 7) is -0.681. The van der Waals surface area contributed by atoms with Crippen molar-refractivity contribution in [1.82, 2.24) is 0 Å². The second-order valence-electron chi connectivity index (χ2n) is 5.83. The van der Waals surface area contributed by atoms with Crippen molar-refractivity contribution in [2.75, 3.05) is 37.4 Å². The van der Waals surface area contributed by atoms with Gasteiger partial charge < -0.3 is 9.84 Å². The van der Waals surface area contributed by atoms with E-state index in [1.54, 1.807) is 0 Å². The number of aliphatic hydroxyl groups excluding tert-OH is 1. The average Bonchev–Trinajstić information content (AvgIpc) is 2.35. The van der Waals surface area contributed by atoms with E-state index in [4.69, 9.17) is 9.84 Å². The van der Waals surface area contributed by atoms with E-state index in [2.05, 4.69) is 23.1 Å². The number of carbonyl (C=O) groups excluding carboxylic acids is 1. The molecule has 1 N–H and O–H groups in total. The summed E-state index contributed by atoms with van der Waals surface area (Å²) in [6.07, 6.45) is 6.21. The first-order chi connectivity index (χ1) is 10.5. The Kier molecular flexibility index (Phi) is 6.55. The molecule has 0 radical (unpaired) electrons. The van der Waals surface area contributed by atoms with Crippen molar-refractivity contribution < 1.29 is 27.6 Å². The van der Waals surface area contributed by atoms with E-state index in [1.165, 1.54) is 0 Å². The van der Waals surface area contributed by atoms with E-state index < -0.39 is 49.7 Å². The van der Waals surface area contributed by atoms with Crippen molar-refractivity contribution in [3.8, 4) is 0 Å². The number of nitrogens with zero attached hydrogens (tertiary/aromatic N) is 1. The summed E-state index contributed by atoms with van der Waals surface area (Å²) in [4.78, 5) is 11.3. The SMILES string of the molecule is CS(C)(C)CCOC(=O)N=S(C)(=O)c1cc(F)c(CO)c(F)c1. The van der Waals surface area contributed by atoms with E-state index in [0.29, 0.717) is 5.75 Å². The summed E-state index contributed by atoms with van der Waals surface area (Å²) in [5, 5.41) is 8.85. The van der Waals surface area contributed by atoms with Gasteiger partial charge in [0.05, 0.1) is 21.2 Å². The predicted molar refractivity (Wildman–Crippen MR) is 88.6 cm³/mol. The van der Waals surface area contributed by atoms with Crippen molar-refractivity contribution >= 4 is 25.9 Å². The van der Waals surface area contributed by atoms with Crippen LogP contribution in [0.15, 0.2) is 21.4 Å². The van der Waals surface area contributed by atoms with Crippen LogP contribution in [0.4, 0.5) is 13.6 Å². The second-order valence-corrected chi connectivity index (χ2v) is 12.7. The Morgan fingerprint density at radius 3 is 2.17 bits per heavy atom. The average molecular weight is 369 g/mol. The Bertz CT molecular complexity index is 684. The number of benzene rings is 1. The number of halogens is 2. The lowest BCUT2D eigenvalue weighted by molar-refractivity contribution is 0.165. The first-order valence-electron chi connectivity index (χ1n) is 6.60. The molecule has 0 heterocycles. The summed E-state index contributed by atoms with van der Waals surface area (Å²) in [6, 6.07) is 1.60. The molecular weight excluding hydrogens is 348 g/mol. The number of amides is 1. The topological polar surface area (TPSA) is 76.0 Å². The summed E-state index contributed by atoms with van der Waals surface area (Å²) in [5.74, 6) is -1.41. The Balaban J connectivity index is 2.98. The van der Waals surface area contributed by atoms with Gasteiger partial charge in [0.1, 0.15) is 18.2 Å². The number of hydrogen-bond acceptors (Lipinski definition) is 4. The Labute approximate surface area is 136 Å². The minimum absolute atomic E-state index is 0.142. The van der Waals surface area contributed by atoms with Crippen LogP contribution in [0.3, 0.4) is 0 Å². The standard InChI is InChI=1S/C14H21F2NO4S2/c1-22(2,3)6-5-21-14(19)17-23(4,20)10-7-12(15)11(9-18)13(16)8-10/h7-8,18H,5-6,9H2,1-4H3. The maximum absolute atomic E-state index is 13.6. The monoisotopic (exact) mass is 369 g/mol. The van der Waals surface area contributed by atoms with E-state index in [-0.39, 0.29) is 11.5 Å². The third-order valence-electron chi connectivity index (χ3n) is 2.88. The van der Waals surface area contributed by atoms with Crippen LogP contribution in [0.1, 0.15) is 5.56 Å². The van der Waals surface area contributed by atoms with Gasteiger partial charge in [0.15, 0.2) is 0 Å². The number of aliphatic hydroxyl groups is 1. The van der Waals surface area contributed by atoms with Gasteiger partial charge >= 0.3 is 6.09 Å². The fraction of sp³-hybridized carbons (Fsp3) is 0.500. The van der Waals surface area contributed by atoms with Crippen LogP contribution in [0.2, 0.25) is 0 Å². The fourth-order valence-electron chi connectivity index (χ4n) is 1.55. The summed E-state index contributed by atoms with van der Waals surface area (Å²) < 4.78 is 48.0. The minimum Gasteiger partial charge on any atom is -0.447 e. The molecule has 1 atom stereocenters. The van der Waals surface area contributed by atoms with Gasteiger partial charge in [-0.2, -0.15) is 0 Å². The second kappa shape index (κ2) is 7.59. The van der Waals surface area contributed by atoms with Crippen LogP contribution in [0.25, 0.3) is 0 Å². The van der Waals surface area contributed by atoms with E-state index in [9.17, 15) is 17.8 Å². The molecule has 0 aromatic heterocycles. The lowest BCUT2D eigenvalue weighted by atomic mass is 10.2. The maximum Gasteiger partial charge on any atom is 0.442 e. The Hall–Kier alpha value is -1.19. The lowest BCUT2D eigenvalue weighted by Crippen LogP contribution is -2.11. The smallest absolute Gasteiger partial charge is 0.442 e. The summed E-state index contributed by atoms with van der Waals surface area (Å²) >= 11 is 0. The maximum atomic E-state index is 13.6. The van der Waals surface area contributed by atoms with Crippen LogP contribution in [-0.2, 0) is 21.1 Å². The van der Waals surface area contributed by atoms with Crippen LogP contribution in [-0.4, -0.2) is 52.8 Å². The molecule has 0 aliphatic heterocycles.